The summed E-state index contributed by atoms with van der Waals surface area (Å²) in [4.78, 5) is 18.8. The number of H-pyrrole nitrogens is 1. The Bertz CT molecular complexity index is 1350. The summed E-state index contributed by atoms with van der Waals surface area (Å²) in [6, 6.07) is 9.92. The fraction of sp³-hybridized carbons (Fsp3) is 0.227. The van der Waals surface area contributed by atoms with Crippen molar-refractivity contribution in [3.63, 3.8) is 0 Å². The fourth-order valence-corrected chi connectivity index (χ4v) is 3.81. The molecule has 1 aromatic carbocycles. The van der Waals surface area contributed by atoms with Crippen molar-refractivity contribution >= 4 is 11.2 Å². The number of pyridine rings is 1. The second-order valence-electron chi connectivity index (χ2n) is 7.39. The maximum Gasteiger partial charge on any atom is 0.205 e. The van der Waals surface area contributed by atoms with E-state index in [-0.39, 0.29) is 0 Å². The van der Waals surface area contributed by atoms with Gasteiger partial charge < -0.3 is 4.57 Å². The summed E-state index contributed by atoms with van der Waals surface area (Å²) in [5.74, 6) is 2.22. The number of hydrogen-bond acceptors (Lipinski definition) is 7. The van der Waals surface area contributed by atoms with Crippen LogP contribution in [-0.2, 0) is 13.0 Å². The summed E-state index contributed by atoms with van der Waals surface area (Å²) in [6.07, 6.45) is 4.47. The molecule has 0 spiro atoms. The molecule has 0 bridgehead atoms. The van der Waals surface area contributed by atoms with E-state index in [2.05, 4.69) is 55.1 Å². The van der Waals surface area contributed by atoms with Crippen LogP contribution in [0.1, 0.15) is 29.8 Å². The van der Waals surface area contributed by atoms with E-state index >= 15 is 0 Å². The Morgan fingerprint density at radius 3 is 2.48 bits per heavy atom. The molecule has 154 valence electrons. The van der Waals surface area contributed by atoms with Crippen molar-refractivity contribution in [1.82, 2.24) is 45.1 Å². The number of tetrazole rings is 1. The molecule has 0 aliphatic carbocycles. The molecule has 5 rings (SSSR count). The largest absolute Gasteiger partial charge is 0.305 e. The Labute approximate surface area is 178 Å². The first-order chi connectivity index (χ1) is 15.1. The zero-order valence-electron chi connectivity index (χ0n) is 17.5. The first-order valence-electron chi connectivity index (χ1n) is 10.1. The molecule has 0 aliphatic rings. The zero-order chi connectivity index (χ0) is 21.4. The Morgan fingerprint density at radius 1 is 1.00 bits per heavy atom. The highest BCUT2D eigenvalue weighted by molar-refractivity contribution is 5.79. The molecule has 4 heterocycles. The highest BCUT2D eigenvalue weighted by Gasteiger charge is 2.15. The van der Waals surface area contributed by atoms with Crippen LogP contribution in [0.15, 0.2) is 42.7 Å². The monoisotopic (exact) mass is 411 g/mol. The van der Waals surface area contributed by atoms with Crippen LogP contribution in [0.4, 0.5) is 0 Å². The van der Waals surface area contributed by atoms with E-state index in [4.69, 9.17) is 9.97 Å². The zero-order valence-corrected chi connectivity index (χ0v) is 17.5. The molecule has 5 aromatic rings. The minimum atomic E-state index is 0.516. The second-order valence-corrected chi connectivity index (χ2v) is 7.39. The van der Waals surface area contributed by atoms with Crippen molar-refractivity contribution in [2.45, 2.75) is 33.7 Å². The summed E-state index contributed by atoms with van der Waals surface area (Å²) in [6.45, 7) is 6.68. The van der Waals surface area contributed by atoms with Gasteiger partial charge in [0.1, 0.15) is 17.2 Å². The van der Waals surface area contributed by atoms with Crippen molar-refractivity contribution in [2.75, 3.05) is 0 Å². The van der Waals surface area contributed by atoms with Gasteiger partial charge in [0.2, 0.25) is 5.82 Å². The number of aromatic nitrogens is 9. The third kappa shape index (κ3) is 3.43. The number of nitrogens with zero attached hydrogens (tertiary/aromatic N) is 8. The molecule has 9 nitrogen and oxygen atoms in total. The lowest BCUT2D eigenvalue weighted by Crippen LogP contribution is -2.08. The lowest BCUT2D eigenvalue weighted by Gasteiger charge is -2.09. The number of benzene rings is 1. The molecule has 0 fully saturated rings. The van der Waals surface area contributed by atoms with Gasteiger partial charge in [-0.05, 0) is 36.3 Å². The molecule has 0 atom stereocenters. The molecule has 0 radical (unpaired) electrons. The summed E-state index contributed by atoms with van der Waals surface area (Å²) < 4.78 is 2.11. The van der Waals surface area contributed by atoms with Crippen molar-refractivity contribution in [1.29, 1.82) is 0 Å². The minimum Gasteiger partial charge on any atom is -0.305 e. The van der Waals surface area contributed by atoms with Crippen LogP contribution in [0, 0.1) is 13.8 Å². The van der Waals surface area contributed by atoms with Gasteiger partial charge in [-0.3, -0.25) is 0 Å². The molecule has 4 aromatic heterocycles. The van der Waals surface area contributed by atoms with Gasteiger partial charge >= 0.3 is 0 Å². The molecule has 31 heavy (non-hydrogen) atoms. The number of nitrogens with one attached hydrogen (secondary N) is 1. The van der Waals surface area contributed by atoms with Crippen LogP contribution in [0.3, 0.4) is 0 Å². The first kappa shape index (κ1) is 19.0. The molecule has 0 amide bonds. The third-order valence-corrected chi connectivity index (χ3v) is 5.25. The molecule has 0 saturated carbocycles. The van der Waals surface area contributed by atoms with E-state index in [1.54, 1.807) is 0 Å². The normalized spacial score (nSPS) is 11.3. The van der Waals surface area contributed by atoms with E-state index in [1.807, 2.05) is 43.6 Å². The Morgan fingerprint density at radius 2 is 1.77 bits per heavy atom. The number of imidazole rings is 1. The lowest BCUT2D eigenvalue weighted by molar-refractivity contribution is 0.708. The number of fused-ring (bicyclic) bond motifs is 1. The van der Waals surface area contributed by atoms with E-state index in [9.17, 15) is 0 Å². The molecule has 0 aliphatic heterocycles. The molecule has 1 N–H and O–H groups in total. The molecule has 0 saturated heterocycles. The number of aryl methyl sites for hydroxylation is 3. The minimum absolute atomic E-state index is 0.516. The molecule has 9 heteroatoms. The Kier molecular flexibility index (Phi) is 4.70. The van der Waals surface area contributed by atoms with Crippen molar-refractivity contribution in [2.24, 2.45) is 0 Å². The van der Waals surface area contributed by atoms with Gasteiger partial charge in [-0.25, -0.2) is 19.9 Å². The van der Waals surface area contributed by atoms with Gasteiger partial charge in [-0.2, -0.15) is 5.21 Å². The fourth-order valence-electron chi connectivity index (χ4n) is 3.81. The average molecular weight is 411 g/mol. The summed E-state index contributed by atoms with van der Waals surface area (Å²) in [5.41, 5.74) is 6.63. The second kappa shape index (κ2) is 7.67. The van der Waals surface area contributed by atoms with E-state index in [0.29, 0.717) is 18.2 Å². The van der Waals surface area contributed by atoms with Crippen LogP contribution in [-0.4, -0.2) is 45.1 Å². The summed E-state index contributed by atoms with van der Waals surface area (Å²) >= 11 is 0. The SMILES string of the molecule is CCc1nc2c(C)cc(C)nc2n1Cc1ncc(-c2ccccc2-c2nn[nH]n2)cn1. The molecular weight excluding hydrogens is 390 g/mol. The van der Waals surface area contributed by atoms with Crippen LogP contribution in [0.5, 0.6) is 0 Å². The van der Waals surface area contributed by atoms with Crippen LogP contribution >= 0.6 is 0 Å². The Balaban J connectivity index is 1.51. The smallest absolute Gasteiger partial charge is 0.205 e. The third-order valence-electron chi connectivity index (χ3n) is 5.25. The predicted molar refractivity (Wildman–Crippen MR) is 116 cm³/mol. The van der Waals surface area contributed by atoms with Crippen LogP contribution < -0.4 is 0 Å². The average Bonchev–Trinajstić information content (AvgIpc) is 3.43. The Hall–Kier alpha value is -4.01. The van der Waals surface area contributed by atoms with Crippen molar-refractivity contribution in [3.05, 3.63) is 65.6 Å². The summed E-state index contributed by atoms with van der Waals surface area (Å²) in [5, 5.41) is 14.4. The van der Waals surface area contributed by atoms with Gasteiger partial charge in [0.25, 0.3) is 0 Å². The lowest BCUT2D eigenvalue weighted by atomic mass is 10.0. The van der Waals surface area contributed by atoms with E-state index < -0.39 is 0 Å². The number of hydrogen-bond donors (Lipinski definition) is 1. The highest BCUT2D eigenvalue weighted by atomic mass is 15.5. The van der Waals surface area contributed by atoms with Crippen LogP contribution in [0.2, 0.25) is 0 Å². The van der Waals surface area contributed by atoms with Crippen molar-refractivity contribution < 1.29 is 0 Å². The van der Waals surface area contributed by atoms with Crippen LogP contribution in [0.25, 0.3) is 33.7 Å². The maximum atomic E-state index is 4.80. The number of aromatic amines is 1. The predicted octanol–water partition coefficient (Wildman–Crippen LogP) is 3.30. The van der Waals surface area contributed by atoms with Gasteiger partial charge in [-0.15, -0.1) is 10.2 Å². The first-order valence-corrected chi connectivity index (χ1v) is 10.1. The summed E-state index contributed by atoms with van der Waals surface area (Å²) in [7, 11) is 0. The quantitative estimate of drug-likeness (QED) is 0.472. The highest BCUT2D eigenvalue weighted by Crippen LogP contribution is 2.28. The van der Waals surface area contributed by atoms with Gasteiger partial charge in [0, 0.05) is 35.6 Å². The van der Waals surface area contributed by atoms with Gasteiger partial charge in [-0.1, -0.05) is 31.2 Å². The van der Waals surface area contributed by atoms with E-state index in [0.717, 1.165) is 51.4 Å². The van der Waals surface area contributed by atoms with Gasteiger partial charge in [0.05, 0.1) is 6.54 Å². The standard InChI is InChI=1S/C22H21N9/c1-4-19-26-20-13(2)9-14(3)25-22(20)31(19)12-18-23-10-15(11-24-18)16-7-5-6-8-17(16)21-27-29-30-28-21/h5-11H,4,12H2,1-3H3,(H,27,28,29,30). The van der Waals surface area contributed by atoms with Gasteiger partial charge in [0.15, 0.2) is 5.65 Å². The molecular formula is C22H21N9. The maximum absolute atomic E-state index is 4.80. The van der Waals surface area contributed by atoms with Crippen molar-refractivity contribution in [3.8, 4) is 22.5 Å². The number of rotatable bonds is 5. The van der Waals surface area contributed by atoms with E-state index in [1.165, 1.54) is 0 Å². The molecule has 0 unspecified atom stereocenters. The topological polar surface area (TPSA) is 111 Å².